The van der Waals surface area contributed by atoms with Crippen LogP contribution in [0.2, 0.25) is 5.02 Å². The summed E-state index contributed by atoms with van der Waals surface area (Å²) in [6, 6.07) is 8.26. The number of hydrogen-bond donors (Lipinski definition) is 2. The van der Waals surface area contributed by atoms with Crippen molar-refractivity contribution < 1.29 is 13.5 Å². The van der Waals surface area contributed by atoms with Crippen LogP contribution in [0.25, 0.3) is 0 Å². The zero-order valence-corrected chi connectivity index (χ0v) is 12.7. The van der Waals surface area contributed by atoms with Gasteiger partial charge < -0.3 is 9.67 Å². The predicted octanol–water partition coefficient (Wildman–Crippen LogP) is 2.77. The summed E-state index contributed by atoms with van der Waals surface area (Å²) in [4.78, 5) is 0.161. The fourth-order valence-corrected chi connectivity index (χ4v) is 3.43. The Morgan fingerprint density at radius 3 is 2.52 bits per heavy atom. The van der Waals surface area contributed by atoms with E-state index < -0.39 is 10.0 Å². The van der Waals surface area contributed by atoms with Crippen molar-refractivity contribution in [3.05, 3.63) is 47.2 Å². The van der Waals surface area contributed by atoms with Crippen LogP contribution < -0.4 is 4.72 Å². The lowest BCUT2D eigenvalue weighted by molar-refractivity contribution is 0.270. The van der Waals surface area contributed by atoms with E-state index in [0.29, 0.717) is 22.4 Å². The maximum absolute atomic E-state index is 12.4. The van der Waals surface area contributed by atoms with Gasteiger partial charge in [-0.25, -0.2) is 8.42 Å². The number of nitrogens with zero attached hydrogens (tertiary/aromatic N) is 1. The third kappa shape index (κ3) is 3.07. The second-order valence-corrected chi connectivity index (χ2v) is 7.19. The van der Waals surface area contributed by atoms with Gasteiger partial charge in [0, 0.05) is 28.6 Å². The summed E-state index contributed by atoms with van der Waals surface area (Å²) in [5, 5.41) is 9.89. The summed E-state index contributed by atoms with van der Waals surface area (Å²) in [6.45, 7) is -0.174. The summed E-state index contributed by atoms with van der Waals surface area (Å²) < 4.78 is 29.1. The maximum Gasteiger partial charge on any atom is 0.263 e. The van der Waals surface area contributed by atoms with E-state index in [4.69, 9.17) is 11.6 Å². The van der Waals surface area contributed by atoms with Gasteiger partial charge in [0.2, 0.25) is 0 Å². The third-order valence-electron chi connectivity index (χ3n) is 3.42. The number of anilines is 1. The molecule has 0 spiro atoms. The van der Waals surface area contributed by atoms with Crippen LogP contribution in [0.4, 0.5) is 5.69 Å². The molecule has 112 valence electrons. The largest absolute Gasteiger partial charge is 0.390 e. The monoisotopic (exact) mass is 326 g/mol. The minimum Gasteiger partial charge on any atom is -0.390 e. The number of aromatic nitrogens is 1. The molecule has 0 aliphatic heterocycles. The summed E-state index contributed by atoms with van der Waals surface area (Å²) in [5.41, 5.74) is 1.07. The zero-order chi connectivity index (χ0) is 15.0. The molecule has 1 saturated carbocycles. The number of aliphatic hydroxyl groups excluding tert-OH is 1. The Morgan fingerprint density at radius 2 is 1.95 bits per heavy atom. The molecule has 0 atom stereocenters. The van der Waals surface area contributed by atoms with Crippen molar-refractivity contribution in [3.63, 3.8) is 0 Å². The molecule has 1 heterocycles. The second-order valence-electron chi connectivity index (χ2n) is 5.08. The van der Waals surface area contributed by atoms with Gasteiger partial charge in [-0.1, -0.05) is 11.6 Å². The van der Waals surface area contributed by atoms with Crippen molar-refractivity contribution in [1.82, 2.24) is 4.57 Å². The van der Waals surface area contributed by atoms with Crippen molar-refractivity contribution in [2.75, 3.05) is 4.72 Å². The molecule has 0 radical (unpaired) electrons. The highest BCUT2D eigenvalue weighted by Crippen LogP contribution is 2.37. The first-order chi connectivity index (χ1) is 9.99. The molecule has 3 rings (SSSR count). The molecule has 0 unspecified atom stereocenters. The van der Waals surface area contributed by atoms with Crippen LogP contribution in [0.5, 0.6) is 0 Å². The number of sulfonamides is 1. The van der Waals surface area contributed by atoms with E-state index in [2.05, 4.69) is 4.72 Å². The van der Waals surface area contributed by atoms with Crippen LogP contribution in [0.15, 0.2) is 41.4 Å². The number of benzene rings is 1. The standard InChI is InChI=1S/C14H15ClN2O3S/c15-10-1-3-11(4-2-10)16-21(19,20)14-7-13(9-18)17(8-14)12-5-6-12/h1-4,7-8,12,16,18H,5-6,9H2. The lowest BCUT2D eigenvalue weighted by Crippen LogP contribution is -2.12. The molecule has 0 bridgehead atoms. The number of halogens is 1. The molecule has 5 nitrogen and oxygen atoms in total. The van der Waals surface area contributed by atoms with Crippen molar-refractivity contribution >= 4 is 27.3 Å². The van der Waals surface area contributed by atoms with E-state index in [9.17, 15) is 13.5 Å². The van der Waals surface area contributed by atoms with Crippen molar-refractivity contribution in [3.8, 4) is 0 Å². The number of rotatable bonds is 5. The van der Waals surface area contributed by atoms with Crippen LogP contribution in [0.1, 0.15) is 24.6 Å². The molecule has 1 fully saturated rings. The van der Waals surface area contributed by atoms with Gasteiger partial charge in [-0.05, 0) is 43.2 Å². The van der Waals surface area contributed by atoms with Crippen molar-refractivity contribution in [2.45, 2.75) is 30.4 Å². The topological polar surface area (TPSA) is 71.3 Å². The normalized spacial score (nSPS) is 15.1. The summed E-state index contributed by atoms with van der Waals surface area (Å²) in [5.74, 6) is 0. The Morgan fingerprint density at radius 1 is 1.29 bits per heavy atom. The van der Waals surface area contributed by atoms with E-state index in [1.807, 2.05) is 4.57 Å². The molecule has 1 aliphatic carbocycles. The SMILES string of the molecule is O=S(=O)(Nc1ccc(Cl)cc1)c1cc(CO)n(C2CC2)c1. The summed E-state index contributed by atoms with van der Waals surface area (Å²) >= 11 is 5.78. The first-order valence-corrected chi connectivity index (χ1v) is 8.46. The molecule has 2 N–H and O–H groups in total. The molecular weight excluding hydrogens is 312 g/mol. The van der Waals surface area contributed by atoms with Gasteiger partial charge in [-0.3, -0.25) is 4.72 Å². The predicted molar refractivity (Wildman–Crippen MR) is 80.9 cm³/mol. The molecule has 0 saturated heterocycles. The average molecular weight is 327 g/mol. The van der Waals surface area contributed by atoms with Gasteiger partial charge >= 0.3 is 0 Å². The Hall–Kier alpha value is -1.50. The molecule has 0 amide bonds. The highest BCUT2D eigenvalue weighted by Gasteiger charge is 2.28. The van der Waals surface area contributed by atoms with Gasteiger partial charge in [0.05, 0.1) is 6.61 Å². The molecular formula is C14H15ClN2O3S. The van der Waals surface area contributed by atoms with E-state index >= 15 is 0 Å². The quantitative estimate of drug-likeness (QED) is 0.887. The Bertz CT molecular complexity index is 749. The lowest BCUT2D eigenvalue weighted by atomic mass is 10.3. The maximum atomic E-state index is 12.4. The van der Waals surface area contributed by atoms with Gasteiger partial charge in [-0.2, -0.15) is 0 Å². The highest BCUT2D eigenvalue weighted by molar-refractivity contribution is 7.92. The van der Waals surface area contributed by atoms with E-state index in [1.54, 1.807) is 30.5 Å². The fraction of sp³-hybridized carbons (Fsp3) is 0.286. The van der Waals surface area contributed by atoms with E-state index in [0.717, 1.165) is 12.8 Å². The van der Waals surface area contributed by atoms with Crippen molar-refractivity contribution in [1.29, 1.82) is 0 Å². The zero-order valence-electron chi connectivity index (χ0n) is 11.2. The molecule has 1 aliphatic rings. The Labute approximate surface area is 128 Å². The number of aliphatic hydroxyl groups is 1. The van der Waals surface area contributed by atoms with Crippen LogP contribution >= 0.6 is 11.6 Å². The van der Waals surface area contributed by atoms with Gasteiger partial charge in [0.25, 0.3) is 10.0 Å². The van der Waals surface area contributed by atoms with Crippen LogP contribution in [-0.4, -0.2) is 18.1 Å². The van der Waals surface area contributed by atoms with Crippen LogP contribution in [-0.2, 0) is 16.6 Å². The van der Waals surface area contributed by atoms with Gasteiger partial charge in [0.15, 0.2) is 0 Å². The Kier molecular flexibility index (Phi) is 3.69. The number of nitrogens with one attached hydrogen (secondary N) is 1. The first kappa shape index (κ1) is 14.4. The molecule has 1 aromatic heterocycles. The minimum absolute atomic E-state index is 0.161. The average Bonchev–Trinajstić information content (AvgIpc) is 3.19. The Balaban J connectivity index is 1.89. The summed E-state index contributed by atoms with van der Waals surface area (Å²) in [6.07, 6.45) is 3.62. The molecule has 7 heteroatoms. The van der Waals surface area contributed by atoms with E-state index in [1.165, 1.54) is 6.07 Å². The van der Waals surface area contributed by atoms with Gasteiger partial charge in [0.1, 0.15) is 4.90 Å². The first-order valence-electron chi connectivity index (χ1n) is 6.59. The lowest BCUT2D eigenvalue weighted by Gasteiger charge is -2.06. The molecule has 1 aromatic carbocycles. The third-order valence-corrected chi connectivity index (χ3v) is 5.02. The van der Waals surface area contributed by atoms with E-state index in [-0.39, 0.29) is 11.5 Å². The molecule has 2 aromatic rings. The van der Waals surface area contributed by atoms with Crippen molar-refractivity contribution in [2.24, 2.45) is 0 Å². The van der Waals surface area contributed by atoms with Crippen LogP contribution in [0.3, 0.4) is 0 Å². The summed E-state index contributed by atoms with van der Waals surface area (Å²) in [7, 11) is -3.67. The molecule has 21 heavy (non-hydrogen) atoms. The van der Waals surface area contributed by atoms with Crippen LogP contribution in [0, 0.1) is 0 Å². The smallest absolute Gasteiger partial charge is 0.263 e. The number of hydrogen-bond acceptors (Lipinski definition) is 3. The second kappa shape index (κ2) is 5.36. The van der Waals surface area contributed by atoms with Gasteiger partial charge in [-0.15, -0.1) is 0 Å². The fourth-order valence-electron chi connectivity index (χ4n) is 2.19. The minimum atomic E-state index is -3.67. The highest BCUT2D eigenvalue weighted by atomic mass is 35.5.